The summed E-state index contributed by atoms with van der Waals surface area (Å²) in [6.45, 7) is 1.95. The zero-order chi connectivity index (χ0) is 24.0. The fraction of sp³-hybridized carbons (Fsp3) is 0.111. The predicted octanol–water partition coefficient (Wildman–Crippen LogP) is 5.76. The maximum Gasteiger partial charge on any atom is 0.300 e. The Labute approximate surface area is 201 Å². The van der Waals surface area contributed by atoms with Crippen molar-refractivity contribution >= 4 is 45.6 Å². The molecule has 2 N–H and O–H groups in total. The zero-order valence-corrected chi connectivity index (χ0v) is 19.3. The van der Waals surface area contributed by atoms with Crippen LogP contribution in [0.4, 0.5) is 5.69 Å². The number of rotatable bonds is 4. The van der Waals surface area contributed by atoms with Gasteiger partial charge in [0.1, 0.15) is 11.5 Å². The lowest BCUT2D eigenvalue weighted by molar-refractivity contribution is -0.132. The van der Waals surface area contributed by atoms with Gasteiger partial charge in [-0.1, -0.05) is 47.5 Å². The number of aromatic nitrogens is 1. The molecule has 3 aromatic carbocycles. The summed E-state index contributed by atoms with van der Waals surface area (Å²) in [6, 6.07) is 18.9. The molecule has 0 saturated carbocycles. The van der Waals surface area contributed by atoms with Gasteiger partial charge in [-0.15, -0.1) is 0 Å². The predicted molar refractivity (Wildman–Crippen MR) is 132 cm³/mol. The van der Waals surface area contributed by atoms with Crippen LogP contribution < -0.4 is 9.64 Å². The minimum atomic E-state index is -0.834. The van der Waals surface area contributed by atoms with E-state index in [2.05, 4.69) is 4.98 Å². The number of amides is 1. The lowest BCUT2D eigenvalue weighted by Crippen LogP contribution is -2.29. The molecule has 7 heteroatoms. The van der Waals surface area contributed by atoms with Gasteiger partial charge in [-0.25, -0.2) is 0 Å². The molecule has 0 aliphatic carbocycles. The molecule has 6 nitrogen and oxygen atoms in total. The van der Waals surface area contributed by atoms with Gasteiger partial charge in [0.2, 0.25) is 0 Å². The Bertz CT molecular complexity index is 1470. The normalized spacial score (nSPS) is 17.5. The number of anilines is 1. The number of carbonyl (C=O) groups excluding carboxylic acids is 2. The second kappa shape index (κ2) is 8.39. The molecule has 34 heavy (non-hydrogen) atoms. The number of benzene rings is 3. The SMILES string of the molecule is COc1ccc(/C(O)=C2\C(=O)C(=O)N(c3ccc(C)cc3)C2c2c[nH]c3ccccc23)cc1Cl. The lowest BCUT2D eigenvalue weighted by atomic mass is 9.94. The number of nitrogens with zero attached hydrogens (tertiary/aromatic N) is 1. The van der Waals surface area contributed by atoms with Crippen LogP contribution in [0.1, 0.15) is 22.7 Å². The maximum atomic E-state index is 13.3. The number of H-pyrrole nitrogens is 1. The number of hydrogen-bond donors (Lipinski definition) is 2. The molecule has 1 aliphatic rings. The minimum absolute atomic E-state index is 0.00318. The van der Waals surface area contributed by atoms with E-state index in [9.17, 15) is 14.7 Å². The number of ether oxygens (including phenoxy) is 1. The van der Waals surface area contributed by atoms with E-state index < -0.39 is 17.7 Å². The number of ketones is 1. The number of hydrogen-bond acceptors (Lipinski definition) is 4. The number of para-hydroxylation sites is 1. The summed E-state index contributed by atoms with van der Waals surface area (Å²) in [5, 5.41) is 12.4. The highest BCUT2D eigenvalue weighted by Crippen LogP contribution is 2.44. The van der Waals surface area contributed by atoms with Crippen molar-refractivity contribution in [3.63, 3.8) is 0 Å². The Morgan fingerprint density at radius 2 is 1.79 bits per heavy atom. The first-order valence-electron chi connectivity index (χ1n) is 10.7. The van der Waals surface area contributed by atoms with Crippen molar-refractivity contribution in [2.24, 2.45) is 0 Å². The summed E-state index contributed by atoms with van der Waals surface area (Å²) in [4.78, 5) is 31.3. The van der Waals surface area contributed by atoms with Gasteiger partial charge in [-0.2, -0.15) is 0 Å². The van der Waals surface area contributed by atoms with E-state index in [0.29, 0.717) is 22.6 Å². The van der Waals surface area contributed by atoms with Crippen molar-refractivity contribution in [2.75, 3.05) is 12.0 Å². The van der Waals surface area contributed by atoms with Gasteiger partial charge in [-0.3, -0.25) is 14.5 Å². The number of aliphatic hydroxyl groups is 1. The topological polar surface area (TPSA) is 82.6 Å². The third kappa shape index (κ3) is 3.43. The Balaban J connectivity index is 1.76. The van der Waals surface area contributed by atoms with Crippen LogP contribution in [0, 0.1) is 6.92 Å². The van der Waals surface area contributed by atoms with E-state index in [1.54, 1.807) is 30.5 Å². The van der Waals surface area contributed by atoms with E-state index >= 15 is 0 Å². The van der Waals surface area contributed by atoms with Gasteiger partial charge in [0.05, 0.1) is 23.7 Å². The van der Waals surface area contributed by atoms with Crippen molar-refractivity contribution in [1.29, 1.82) is 0 Å². The standard InChI is InChI=1S/C27H21ClN2O4/c1-15-7-10-17(11-8-15)30-24(19-14-29-21-6-4-3-5-18(19)21)23(26(32)27(30)33)25(31)16-9-12-22(34-2)20(28)13-16/h3-14,24,29,31H,1-2H3/b25-23+. The van der Waals surface area contributed by atoms with Crippen LogP contribution in [0.25, 0.3) is 16.7 Å². The Morgan fingerprint density at radius 1 is 1.06 bits per heavy atom. The smallest absolute Gasteiger partial charge is 0.300 e. The zero-order valence-electron chi connectivity index (χ0n) is 18.5. The molecule has 0 spiro atoms. The number of fused-ring (bicyclic) bond motifs is 1. The summed E-state index contributed by atoms with van der Waals surface area (Å²) in [7, 11) is 1.49. The molecule has 1 aromatic heterocycles. The fourth-order valence-electron chi connectivity index (χ4n) is 4.39. The number of methoxy groups -OCH3 is 1. The van der Waals surface area contributed by atoms with E-state index in [0.717, 1.165) is 16.5 Å². The number of nitrogens with one attached hydrogen (secondary N) is 1. The van der Waals surface area contributed by atoms with Gasteiger partial charge >= 0.3 is 0 Å². The van der Waals surface area contributed by atoms with Crippen LogP contribution in [-0.2, 0) is 9.59 Å². The maximum absolute atomic E-state index is 13.3. The molecule has 1 unspecified atom stereocenters. The highest BCUT2D eigenvalue weighted by molar-refractivity contribution is 6.52. The average molecular weight is 473 g/mol. The van der Waals surface area contributed by atoms with Gasteiger partial charge < -0.3 is 14.8 Å². The third-order valence-electron chi connectivity index (χ3n) is 6.10. The largest absolute Gasteiger partial charge is 0.507 e. The Hall–Kier alpha value is -4.03. The molecule has 1 amide bonds. The number of carbonyl (C=O) groups is 2. The first-order valence-corrected chi connectivity index (χ1v) is 11.1. The number of Topliss-reactive ketones (excluding diaryl/α,β-unsaturated/α-hetero) is 1. The van der Waals surface area contributed by atoms with Crippen molar-refractivity contribution in [3.05, 3.63) is 100 Å². The Kier molecular flexibility index (Phi) is 5.38. The van der Waals surface area contributed by atoms with Crippen LogP contribution in [0.3, 0.4) is 0 Å². The van der Waals surface area contributed by atoms with Crippen LogP contribution >= 0.6 is 11.6 Å². The second-order valence-electron chi connectivity index (χ2n) is 8.14. The summed E-state index contributed by atoms with van der Waals surface area (Å²) in [6.07, 6.45) is 1.77. The van der Waals surface area contributed by atoms with Crippen LogP contribution in [0.2, 0.25) is 5.02 Å². The molecular weight excluding hydrogens is 452 g/mol. The van der Waals surface area contributed by atoms with Crippen molar-refractivity contribution in [1.82, 2.24) is 4.98 Å². The second-order valence-corrected chi connectivity index (χ2v) is 8.55. The lowest BCUT2D eigenvalue weighted by Gasteiger charge is -2.25. The first kappa shape index (κ1) is 21.8. The summed E-state index contributed by atoms with van der Waals surface area (Å²) in [5.41, 5.74) is 3.47. The van der Waals surface area contributed by atoms with Gasteiger partial charge in [-0.05, 0) is 43.3 Å². The summed E-state index contributed by atoms with van der Waals surface area (Å²) < 4.78 is 5.19. The van der Waals surface area contributed by atoms with Gasteiger partial charge in [0.25, 0.3) is 11.7 Å². The van der Waals surface area contributed by atoms with E-state index in [1.807, 2.05) is 43.3 Å². The van der Waals surface area contributed by atoms with Gasteiger partial charge in [0.15, 0.2) is 0 Å². The molecular formula is C27H21ClN2O4. The average Bonchev–Trinajstić information content (AvgIpc) is 3.38. The molecule has 1 aliphatic heterocycles. The Morgan fingerprint density at radius 3 is 2.50 bits per heavy atom. The number of aliphatic hydroxyl groups excluding tert-OH is 1. The molecule has 0 bridgehead atoms. The fourth-order valence-corrected chi connectivity index (χ4v) is 4.65. The third-order valence-corrected chi connectivity index (χ3v) is 6.39. The molecule has 5 rings (SSSR count). The molecule has 0 radical (unpaired) electrons. The summed E-state index contributed by atoms with van der Waals surface area (Å²) >= 11 is 6.27. The minimum Gasteiger partial charge on any atom is -0.507 e. The van der Waals surface area contributed by atoms with E-state index in [-0.39, 0.29) is 16.4 Å². The van der Waals surface area contributed by atoms with Crippen LogP contribution in [0.5, 0.6) is 5.75 Å². The van der Waals surface area contributed by atoms with E-state index in [4.69, 9.17) is 16.3 Å². The molecule has 4 aromatic rings. The molecule has 1 saturated heterocycles. The quantitative estimate of drug-likeness (QED) is 0.224. The first-order chi connectivity index (χ1) is 16.4. The van der Waals surface area contributed by atoms with Crippen LogP contribution in [-0.4, -0.2) is 28.9 Å². The summed E-state index contributed by atoms with van der Waals surface area (Å²) in [5.74, 6) is -1.33. The van der Waals surface area contributed by atoms with E-state index in [1.165, 1.54) is 18.1 Å². The van der Waals surface area contributed by atoms with Crippen LogP contribution in [0.15, 0.2) is 78.5 Å². The number of aromatic amines is 1. The van der Waals surface area contributed by atoms with Crippen molar-refractivity contribution in [2.45, 2.75) is 13.0 Å². The monoisotopic (exact) mass is 472 g/mol. The molecule has 1 atom stereocenters. The number of aryl methyl sites for hydroxylation is 1. The molecule has 170 valence electrons. The number of halogens is 1. The van der Waals surface area contributed by atoms with Crippen molar-refractivity contribution in [3.8, 4) is 5.75 Å². The molecule has 2 heterocycles. The molecule has 1 fully saturated rings. The van der Waals surface area contributed by atoms with Crippen molar-refractivity contribution < 1.29 is 19.4 Å². The van der Waals surface area contributed by atoms with Gasteiger partial charge in [0, 0.05) is 33.9 Å². The highest BCUT2D eigenvalue weighted by Gasteiger charge is 2.47. The highest BCUT2D eigenvalue weighted by atomic mass is 35.5.